The van der Waals surface area contributed by atoms with E-state index in [-0.39, 0.29) is 0 Å². The molecule has 0 aliphatic carbocycles. The maximum atomic E-state index is 5.70. The molecule has 1 aliphatic heterocycles. The Labute approximate surface area is 110 Å². The third kappa shape index (κ3) is 5.03. The summed E-state index contributed by atoms with van der Waals surface area (Å²) < 4.78 is 5.70. The largest absolute Gasteiger partial charge is 0.378 e. The Bertz CT molecular complexity index is 341. The van der Waals surface area contributed by atoms with E-state index in [0.717, 1.165) is 26.1 Å². The SMILES string of the molecule is C(=C\c1ccccc1)/CNCCC1CCCCO1. The summed E-state index contributed by atoms with van der Waals surface area (Å²) in [6.45, 7) is 2.93. The van der Waals surface area contributed by atoms with E-state index in [9.17, 15) is 0 Å². The van der Waals surface area contributed by atoms with Crippen molar-refractivity contribution in [2.45, 2.75) is 31.8 Å². The van der Waals surface area contributed by atoms with E-state index >= 15 is 0 Å². The molecule has 2 heteroatoms. The van der Waals surface area contributed by atoms with Crippen LogP contribution in [0.15, 0.2) is 36.4 Å². The van der Waals surface area contributed by atoms with Crippen molar-refractivity contribution in [3.8, 4) is 0 Å². The van der Waals surface area contributed by atoms with Gasteiger partial charge in [-0.15, -0.1) is 0 Å². The van der Waals surface area contributed by atoms with Gasteiger partial charge in [-0.3, -0.25) is 0 Å². The monoisotopic (exact) mass is 245 g/mol. The fourth-order valence-corrected chi connectivity index (χ4v) is 2.24. The molecule has 0 bridgehead atoms. The van der Waals surface area contributed by atoms with Gasteiger partial charge in [0.25, 0.3) is 0 Å². The smallest absolute Gasteiger partial charge is 0.0587 e. The van der Waals surface area contributed by atoms with E-state index in [1.807, 2.05) is 6.07 Å². The number of hydrogen-bond donors (Lipinski definition) is 1. The van der Waals surface area contributed by atoms with Crippen LogP contribution in [0, 0.1) is 0 Å². The van der Waals surface area contributed by atoms with Crippen LogP contribution < -0.4 is 5.32 Å². The second-order valence-corrected chi connectivity index (χ2v) is 4.79. The Balaban J connectivity index is 1.54. The first-order valence-corrected chi connectivity index (χ1v) is 6.99. The average molecular weight is 245 g/mol. The highest BCUT2D eigenvalue weighted by molar-refractivity contribution is 5.48. The van der Waals surface area contributed by atoms with E-state index < -0.39 is 0 Å². The van der Waals surface area contributed by atoms with Gasteiger partial charge in [0, 0.05) is 13.2 Å². The van der Waals surface area contributed by atoms with Crippen molar-refractivity contribution >= 4 is 6.08 Å². The van der Waals surface area contributed by atoms with E-state index in [1.165, 1.54) is 24.8 Å². The Kier molecular flexibility index (Phi) is 5.97. The lowest BCUT2D eigenvalue weighted by atomic mass is 10.1. The standard InChI is InChI=1S/C16H23NO/c1-2-7-15(8-3-1)9-6-12-17-13-11-16-10-4-5-14-18-16/h1-3,6-9,16-17H,4-5,10-14H2/b9-6+. The third-order valence-electron chi connectivity index (χ3n) is 3.29. The third-order valence-corrected chi connectivity index (χ3v) is 3.29. The summed E-state index contributed by atoms with van der Waals surface area (Å²) in [6.07, 6.45) is 9.77. The van der Waals surface area contributed by atoms with Gasteiger partial charge in [-0.25, -0.2) is 0 Å². The van der Waals surface area contributed by atoms with E-state index in [2.05, 4.69) is 41.7 Å². The van der Waals surface area contributed by atoms with E-state index in [1.54, 1.807) is 0 Å². The number of benzene rings is 1. The number of hydrogen-bond acceptors (Lipinski definition) is 2. The molecule has 2 nitrogen and oxygen atoms in total. The zero-order chi connectivity index (χ0) is 12.5. The van der Waals surface area contributed by atoms with E-state index in [4.69, 9.17) is 4.74 Å². The van der Waals surface area contributed by atoms with Gasteiger partial charge >= 0.3 is 0 Å². The molecule has 0 amide bonds. The topological polar surface area (TPSA) is 21.3 Å². The molecule has 1 N–H and O–H groups in total. The van der Waals surface area contributed by atoms with Crippen LogP contribution in [0.1, 0.15) is 31.2 Å². The lowest BCUT2D eigenvalue weighted by Gasteiger charge is -2.22. The molecule has 0 saturated carbocycles. The highest BCUT2D eigenvalue weighted by Crippen LogP contribution is 2.14. The summed E-state index contributed by atoms with van der Waals surface area (Å²) in [4.78, 5) is 0. The van der Waals surface area contributed by atoms with Crippen LogP contribution in [0.3, 0.4) is 0 Å². The van der Waals surface area contributed by atoms with Crippen LogP contribution in [0.4, 0.5) is 0 Å². The first-order chi connectivity index (χ1) is 8.95. The van der Waals surface area contributed by atoms with Crippen molar-refractivity contribution in [3.05, 3.63) is 42.0 Å². The van der Waals surface area contributed by atoms with Gasteiger partial charge in [0.15, 0.2) is 0 Å². The molecular formula is C16H23NO. The van der Waals surface area contributed by atoms with Gasteiger partial charge < -0.3 is 10.1 Å². The molecular weight excluding hydrogens is 222 g/mol. The molecule has 1 aromatic rings. The predicted molar refractivity (Wildman–Crippen MR) is 76.6 cm³/mol. The van der Waals surface area contributed by atoms with Crippen LogP contribution in [0.2, 0.25) is 0 Å². The zero-order valence-electron chi connectivity index (χ0n) is 11.0. The zero-order valence-corrected chi connectivity index (χ0v) is 11.0. The van der Waals surface area contributed by atoms with Gasteiger partial charge in [0.05, 0.1) is 6.10 Å². The van der Waals surface area contributed by atoms with Crippen LogP contribution in [-0.2, 0) is 4.74 Å². The van der Waals surface area contributed by atoms with Crippen LogP contribution in [-0.4, -0.2) is 25.8 Å². The molecule has 1 fully saturated rings. The second kappa shape index (κ2) is 8.06. The molecule has 1 atom stereocenters. The molecule has 0 aromatic heterocycles. The first kappa shape index (κ1) is 13.3. The molecule has 1 saturated heterocycles. The van der Waals surface area contributed by atoms with Crippen molar-refractivity contribution in [2.75, 3.05) is 19.7 Å². The average Bonchev–Trinajstić information content (AvgIpc) is 2.45. The van der Waals surface area contributed by atoms with Crippen molar-refractivity contribution in [1.82, 2.24) is 5.32 Å². The minimum atomic E-state index is 0.490. The quantitative estimate of drug-likeness (QED) is 0.777. The highest BCUT2D eigenvalue weighted by Gasteiger charge is 2.12. The second-order valence-electron chi connectivity index (χ2n) is 4.79. The normalized spacial score (nSPS) is 20.3. The molecule has 1 unspecified atom stereocenters. The van der Waals surface area contributed by atoms with Crippen LogP contribution >= 0.6 is 0 Å². The summed E-state index contributed by atoms with van der Waals surface area (Å²) in [5.74, 6) is 0. The maximum absolute atomic E-state index is 5.70. The predicted octanol–water partition coefficient (Wildman–Crippen LogP) is 3.25. The molecule has 1 aliphatic rings. The molecule has 1 heterocycles. The fourth-order valence-electron chi connectivity index (χ4n) is 2.24. The minimum Gasteiger partial charge on any atom is -0.378 e. The Morgan fingerprint density at radius 3 is 2.89 bits per heavy atom. The number of nitrogens with one attached hydrogen (secondary N) is 1. The van der Waals surface area contributed by atoms with Crippen molar-refractivity contribution in [1.29, 1.82) is 0 Å². The molecule has 98 valence electrons. The summed E-state index contributed by atoms with van der Waals surface area (Å²) in [7, 11) is 0. The maximum Gasteiger partial charge on any atom is 0.0587 e. The Morgan fingerprint density at radius 1 is 1.22 bits per heavy atom. The van der Waals surface area contributed by atoms with Gasteiger partial charge in [0.2, 0.25) is 0 Å². The summed E-state index contributed by atoms with van der Waals surface area (Å²) >= 11 is 0. The molecule has 18 heavy (non-hydrogen) atoms. The fraction of sp³-hybridized carbons (Fsp3) is 0.500. The first-order valence-electron chi connectivity index (χ1n) is 6.99. The summed E-state index contributed by atoms with van der Waals surface area (Å²) in [5, 5.41) is 3.44. The number of ether oxygens (including phenoxy) is 1. The lowest BCUT2D eigenvalue weighted by molar-refractivity contribution is 0.0117. The van der Waals surface area contributed by atoms with Crippen molar-refractivity contribution in [2.24, 2.45) is 0 Å². The van der Waals surface area contributed by atoms with Crippen molar-refractivity contribution in [3.63, 3.8) is 0 Å². The molecule has 2 rings (SSSR count). The minimum absolute atomic E-state index is 0.490. The molecule has 0 radical (unpaired) electrons. The Morgan fingerprint density at radius 2 is 2.11 bits per heavy atom. The lowest BCUT2D eigenvalue weighted by Crippen LogP contribution is -2.25. The van der Waals surface area contributed by atoms with Crippen LogP contribution in [0.25, 0.3) is 6.08 Å². The van der Waals surface area contributed by atoms with Gasteiger partial charge in [-0.1, -0.05) is 42.5 Å². The Hall–Kier alpha value is -1.12. The molecule has 0 spiro atoms. The summed E-state index contributed by atoms with van der Waals surface area (Å²) in [6, 6.07) is 10.4. The highest BCUT2D eigenvalue weighted by atomic mass is 16.5. The van der Waals surface area contributed by atoms with Crippen LogP contribution in [0.5, 0.6) is 0 Å². The van der Waals surface area contributed by atoms with Gasteiger partial charge in [-0.2, -0.15) is 0 Å². The van der Waals surface area contributed by atoms with E-state index in [0.29, 0.717) is 6.10 Å². The van der Waals surface area contributed by atoms with Gasteiger partial charge in [-0.05, 0) is 37.8 Å². The molecule has 1 aromatic carbocycles. The summed E-state index contributed by atoms with van der Waals surface area (Å²) in [5.41, 5.74) is 1.26. The number of rotatable bonds is 6. The van der Waals surface area contributed by atoms with Crippen molar-refractivity contribution < 1.29 is 4.74 Å². The van der Waals surface area contributed by atoms with Gasteiger partial charge in [0.1, 0.15) is 0 Å².